The number of methoxy groups -OCH3 is 2. The van der Waals surface area contributed by atoms with Crippen molar-refractivity contribution < 1.29 is 28.5 Å². The second kappa shape index (κ2) is 20.0. The number of hydrogen-bond donors (Lipinski definition) is 3. The Morgan fingerprint density at radius 1 is 0.978 bits per heavy atom. The molecule has 0 fully saturated rings. The average Bonchev–Trinajstić information content (AvgIpc) is 2.96. The molecule has 0 radical (unpaired) electrons. The molecule has 2 aromatic rings. The molecule has 0 spiro atoms. The Morgan fingerprint density at radius 3 is 2.29 bits per heavy atom. The molecule has 45 heavy (non-hydrogen) atoms. The number of aliphatic hydroxyl groups excluding tert-OH is 1. The van der Waals surface area contributed by atoms with Crippen LogP contribution in [-0.2, 0) is 22.4 Å². The third kappa shape index (κ3) is 14.3. The molecule has 0 heterocycles. The van der Waals surface area contributed by atoms with Crippen molar-refractivity contribution in [3.05, 3.63) is 59.4 Å². The predicted octanol–water partition coefficient (Wildman–Crippen LogP) is 6.61. The molecule has 0 bridgehead atoms. The van der Waals surface area contributed by atoms with Gasteiger partial charge in [-0.05, 0) is 84.2 Å². The Morgan fingerprint density at radius 2 is 1.69 bits per heavy atom. The van der Waals surface area contributed by atoms with Crippen molar-refractivity contribution in [3.63, 3.8) is 0 Å². The number of nitrogens with two attached hydrogens (primary N) is 1. The van der Waals surface area contributed by atoms with E-state index < -0.39 is 12.1 Å². The highest BCUT2D eigenvalue weighted by Gasteiger charge is 2.31. The molecule has 4 N–H and O–H groups in total. The van der Waals surface area contributed by atoms with Gasteiger partial charge in [-0.25, -0.2) is 4.39 Å². The van der Waals surface area contributed by atoms with Gasteiger partial charge in [0.25, 0.3) is 0 Å². The van der Waals surface area contributed by atoms with Crippen LogP contribution in [0.4, 0.5) is 4.39 Å². The molecule has 0 aromatic heterocycles. The molecule has 0 aliphatic heterocycles. The van der Waals surface area contributed by atoms with E-state index >= 15 is 0 Å². The Labute approximate surface area is 277 Å². The molecule has 4 atom stereocenters. The van der Waals surface area contributed by atoms with Crippen molar-refractivity contribution >= 4 is 18.3 Å². The molecule has 1 amide bonds. The SMILES string of the molecule is COCCCOc1cc(C[C@@H](C[C@H](N)[C@@H](O)C[C@H](C(=O)NCC(C)(C)Cc2cccc(F)c2)C(C)C)C(C)C)ccc1OC.Cl. The summed E-state index contributed by atoms with van der Waals surface area (Å²) in [6.07, 6.45) is 2.31. The fourth-order valence-corrected chi connectivity index (χ4v) is 5.58. The number of carbonyl (C=O) groups excluding carboxylic acids is 1. The van der Waals surface area contributed by atoms with Crippen LogP contribution >= 0.6 is 12.4 Å². The summed E-state index contributed by atoms with van der Waals surface area (Å²) >= 11 is 0. The maximum absolute atomic E-state index is 13.7. The zero-order valence-electron chi connectivity index (χ0n) is 28.6. The van der Waals surface area contributed by atoms with Crippen molar-refractivity contribution in [2.45, 2.75) is 85.8 Å². The lowest BCUT2D eigenvalue weighted by Gasteiger charge is -2.31. The first kappa shape index (κ1) is 40.6. The summed E-state index contributed by atoms with van der Waals surface area (Å²) in [7, 11) is 3.30. The van der Waals surface area contributed by atoms with Gasteiger partial charge < -0.3 is 30.4 Å². The van der Waals surface area contributed by atoms with Crippen LogP contribution < -0.4 is 20.5 Å². The maximum atomic E-state index is 13.7. The summed E-state index contributed by atoms with van der Waals surface area (Å²) in [5.41, 5.74) is 8.35. The van der Waals surface area contributed by atoms with E-state index in [1.807, 2.05) is 38.1 Å². The molecule has 9 heteroatoms. The molecule has 0 unspecified atom stereocenters. The standard InChI is InChI=1S/C36H57FN2O5.ClH/c1-24(2)28(17-26-13-14-33(43-8)34(19-26)44-16-10-15-42-7)20-31(38)32(40)21-30(25(3)4)35(41)39-23-36(5,6)22-27-11-9-12-29(37)18-27;/h9,11-14,18-19,24-25,28,30-32,40H,10,15-17,20-23,38H2,1-8H3,(H,39,41);1H/t28-,30-,31-,32-;/m0./s1. The van der Waals surface area contributed by atoms with Gasteiger partial charge in [0.15, 0.2) is 11.5 Å². The van der Waals surface area contributed by atoms with Crippen LogP contribution in [0.15, 0.2) is 42.5 Å². The highest BCUT2D eigenvalue weighted by molar-refractivity contribution is 5.85. The molecule has 0 saturated carbocycles. The van der Waals surface area contributed by atoms with Gasteiger partial charge in [0, 0.05) is 38.6 Å². The normalized spacial score (nSPS) is 14.4. The summed E-state index contributed by atoms with van der Waals surface area (Å²) < 4.78 is 30.2. The summed E-state index contributed by atoms with van der Waals surface area (Å²) in [5.74, 6) is 1.27. The van der Waals surface area contributed by atoms with Crippen molar-refractivity contribution in [2.75, 3.05) is 34.0 Å². The van der Waals surface area contributed by atoms with E-state index in [2.05, 4.69) is 33.0 Å². The first-order chi connectivity index (χ1) is 20.8. The second-order valence-corrected chi connectivity index (χ2v) is 13.6. The lowest BCUT2D eigenvalue weighted by Crippen LogP contribution is -2.44. The van der Waals surface area contributed by atoms with Crippen molar-refractivity contribution in [1.29, 1.82) is 0 Å². The first-order valence-corrected chi connectivity index (χ1v) is 16.0. The van der Waals surface area contributed by atoms with E-state index in [9.17, 15) is 14.3 Å². The minimum absolute atomic E-state index is 0. The number of aliphatic hydroxyl groups is 1. The first-order valence-electron chi connectivity index (χ1n) is 16.0. The maximum Gasteiger partial charge on any atom is 0.223 e. The second-order valence-electron chi connectivity index (χ2n) is 13.6. The van der Waals surface area contributed by atoms with Crippen LogP contribution in [-0.4, -0.2) is 57.1 Å². The van der Waals surface area contributed by atoms with Gasteiger partial charge in [0.05, 0.1) is 19.8 Å². The van der Waals surface area contributed by atoms with Crippen molar-refractivity contribution in [2.24, 2.45) is 34.8 Å². The van der Waals surface area contributed by atoms with E-state index in [0.717, 1.165) is 24.0 Å². The fraction of sp³-hybridized carbons (Fsp3) is 0.639. The summed E-state index contributed by atoms with van der Waals surface area (Å²) in [6, 6.07) is 12.1. The highest BCUT2D eigenvalue weighted by Crippen LogP contribution is 2.32. The van der Waals surface area contributed by atoms with Gasteiger partial charge in [-0.2, -0.15) is 0 Å². The lowest BCUT2D eigenvalue weighted by atomic mass is 9.80. The number of ether oxygens (including phenoxy) is 3. The van der Waals surface area contributed by atoms with Gasteiger partial charge in [0.1, 0.15) is 5.82 Å². The van der Waals surface area contributed by atoms with Crippen molar-refractivity contribution in [3.8, 4) is 11.5 Å². The number of nitrogens with one attached hydrogen (secondary N) is 1. The largest absolute Gasteiger partial charge is 0.493 e. The lowest BCUT2D eigenvalue weighted by molar-refractivity contribution is -0.128. The van der Waals surface area contributed by atoms with Crippen LogP contribution in [0.1, 0.15) is 71.9 Å². The smallest absolute Gasteiger partial charge is 0.223 e. The van der Waals surface area contributed by atoms with Crippen LogP contribution in [0.25, 0.3) is 0 Å². The van der Waals surface area contributed by atoms with Crippen molar-refractivity contribution in [1.82, 2.24) is 5.32 Å². The zero-order valence-corrected chi connectivity index (χ0v) is 29.4. The zero-order chi connectivity index (χ0) is 32.9. The predicted molar refractivity (Wildman–Crippen MR) is 183 cm³/mol. The molecule has 0 aliphatic rings. The number of halogens is 2. The van der Waals surface area contributed by atoms with Crippen LogP contribution in [0.2, 0.25) is 0 Å². The minimum Gasteiger partial charge on any atom is -0.493 e. The molecule has 0 aliphatic carbocycles. The summed E-state index contributed by atoms with van der Waals surface area (Å²) in [4.78, 5) is 13.3. The summed E-state index contributed by atoms with van der Waals surface area (Å²) in [6.45, 7) is 14.1. The van der Waals surface area contributed by atoms with Crippen LogP contribution in [0.3, 0.4) is 0 Å². The number of hydrogen-bond acceptors (Lipinski definition) is 6. The van der Waals surface area contributed by atoms with E-state index in [1.54, 1.807) is 20.3 Å². The fourth-order valence-electron chi connectivity index (χ4n) is 5.58. The number of benzene rings is 2. The number of rotatable bonds is 20. The van der Waals surface area contributed by atoms with Gasteiger partial charge in [-0.3, -0.25) is 4.79 Å². The average molecular weight is 653 g/mol. The highest BCUT2D eigenvalue weighted by atomic mass is 35.5. The van der Waals surface area contributed by atoms with Gasteiger partial charge in [-0.1, -0.05) is 59.7 Å². The Hall–Kier alpha value is -2.39. The topological polar surface area (TPSA) is 103 Å². The van der Waals surface area contributed by atoms with Gasteiger partial charge >= 0.3 is 0 Å². The van der Waals surface area contributed by atoms with Crippen LogP contribution in [0.5, 0.6) is 11.5 Å². The molecular weight excluding hydrogens is 595 g/mol. The monoisotopic (exact) mass is 652 g/mol. The van der Waals surface area contributed by atoms with Gasteiger partial charge in [-0.15, -0.1) is 12.4 Å². The molecule has 7 nitrogen and oxygen atoms in total. The Kier molecular flexibility index (Phi) is 18.0. The van der Waals surface area contributed by atoms with E-state index in [0.29, 0.717) is 56.4 Å². The Bertz CT molecular complexity index is 1150. The van der Waals surface area contributed by atoms with E-state index in [-0.39, 0.29) is 47.3 Å². The molecule has 0 saturated heterocycles. The minimum atomic E-state index is -0.815. The van der Waals surface area contributed by atoms with E-state index in [4.69, 9.17) is 19.9 Å². The Balaban J connectivity index is 0.0000101. The van der Waals surface area contributed by atoms with Crippen LogP contribution in [0, 0.1) is 34.9 Å². The quantitative estimate of drug-likeness (QED) is 0.139. The molecule has 2 aromatic carbocycles. The number of amides is 1. The third-order valence-corrected chi connectivity index (χ3v) is 8.44. The van der Waals surface area contributed by atoms with Gasteiger partial charge in [0.2, 0.25) is 5.91 Å². The molecular formula is C36H58ClFN2O5. The third-order valence-electron chi connectivity index (χ3n) is 8.44. The summed E-state index contributed by atoms with van der Waals surface area (Å²) in [5, 5.41) is 14.3. The molecule has 256 valence electrons. The molecule has 2 rings (SSSR count). The van der Waals surface area contributed by atoms with E-state index in [1.165, 1.54) is 12.1 Å². The number of carbonyl (C=O) groups is 1.